The summed E-state index contributed by atoms with van der Waals surface area (Å²) in [7, 11) is 0. The molecule has 2 aromatic rings. The number of hydrogen-bond donors (Lipinski definition) is 2. The lowest BCUT2D eigenvalue weighted by Gasteiger charge is -2.35. The van der Waals surface area contributed by atoms with Crippen molar-refractivity contribution >= 4 is 11.8 Å². The van der Waals surface area contributed by atoms with Gasteiger partial charge in [0.15, 0.2) is 0 Å². The lowest BCUT2D eigenvalue weighted by molar-refractivity contribution is -0.119. The van der Waals surface area contributed by atoms with Crippen molar-refractivity contribution < 1.29 is 9.59 Å². The average Bonchev–Trinajstić information content (AvgIpc) is 3.20. The lowest BCUT2D eigenvalue weighted by Crippen LogP contribution is -2.45. The SMILES string of the molecule is CC(=O)NCC1c2ncn(C(C)C)c2CCN1C(=O)c1ccn[nH]1. The maximum Gasteiger partial charge on any atom is 0.272 e. The van der Waals surface area contributed by atoms with Gasteiger partial charge in [-0.3, -0.25) is 14.7 Å². The second-order valence-corrected chi connectivity index (χ2v) is 6.25. The Kier molecular flexibility index (Phi) is 4.37. The first-order valence-electron chi connectivity index (χ1n) is 8.09. The molecule has 2 aromatic heterocycles. The summed E-state index contributed by atoms with van der Waals surface area (Å²) in [5, 5.41) is 9.38. The van der Waals surface area contributed by atoms with Gasteiger partial charge in [0.25, 0.3) is 5.91 Å². The van der Waals surface area contributed by atoms with Crippen LogP contribution in [0.4, 0.5) is 0 Å². The van der Waals surface area contributed by atoms with Gasteiger partial charge in [0.2, 0.25) is 5.91 Å². The van der Waals surface area contributed by atoms with Crippen molar-refractivity contribution in [1.29, 1.82) is 0 Å². The molecule has 0 radical (unpaired) electrons. The molecule has 0 aromatic carbocycles. The molecule has 1 aliphatic rings. The number of nitrogens with one attached hydrogen (secondary N) is 2. The Balaban J connectivity index is 1.94. The van der Waals surface area contributed by atoms with E-state index in [1.165, 1.54) is 6.92 Å². The van der Waals surface area contributed by atoms with Crippen molar-refractivity contribution in [2.45, 2.75) is 39.3 Å². The van der Waals surface area contributed by atoms with Gasteiger partial charge in [0, 0.05) is 44.4 Å². The van der Waals surface area contributed by atoms with E-state index in [1.54, 1.807) is 17.2 Å². The van der Waals surface area contributed by atoms with Crippen LogP contribution in [-0.4, -0.2) is 49.6 Å². The van der Waals surface area contributed by atoms with E-state index in [-0.39, 0.29) is 17.9 Å². The third-order valence-corrected chi connectivity index (χ3v) is 4.30. The molecule has 2 amide bonds. The van der Waals surface area contributed by atoms with Gasteiger partial charge in [0.05, 0.1) is 18.1 Å². The number of H-pyrrole nitrogens is 1. The first-order chi connectivity index (χ1) is 11.5. The molecule has 8 heteroatoms. The van der Waals surface area contributed by atoms with E-state index in [2.05, 4.69) is 38.9 Å². The Hall–Kier alpha value is -2.64. The fraction of sp³-hybridized carbons (Fsp3) is 0.500. The van der Waals surface area contributed by atoms with E-state index in [9.17, 15) is 9.59 Å². The van der Waals surface area contributed by atoms with E-state index in [4.69, 9.17) is 0 Å². The Morgan fingerprint density at radius 3 is 2.88 bits per heavy atom. The van der Waals surface area contributed by atoms with Gasteiger partial charge in [-0.15, -0.1) is 0 Å². The minimum atomic E-state index is -0.284. The number of aromatic nitrogens is 4. The standard InChI is InChI=1S/C16H22N6O2/c1-10(2)22-9-18-15-13(22)5-7-21(14(15)8-17-11(3)23)16(24)12-4-6-19-20-12/h4,6,9-10,14H,5,7-8H2,1-3H3,(H,17,23)(H,19,20). The zero-order valence-corrected chi connectivity index (χ0v) is 14.1. The topological polar surface area (TPSA) is 95.9 Å². The summed E-state index contributed by atoms with van der Waals surface area (Å²) >= 11 is 0. The molecule has 0 saturated carbocycles. The molecule has 3 heterocycles. The van der Waals surface area contributed by atoms with Gasteiger partial charge in [-0.05, 0) is 19.9 Å². The summed E-state index contributed by atoms with van der Waals surface area (Å²) in [6.07, 6.45) is 4.11. The van der Waals surface area contributed by atoms with Crippen LogP contribution >= 0.6 is 0 Å². The van der Waals surface area contributed by atoms with Crippen LogP contribution in [0.2, 0.25) is 0 Å². The zero-order chi connectivity index (χ0) is 17.3. The number of nitrogens with zero attached hydrogens (tertiary/aromatic N) is 4. The fourth-order valence-electron chi connectivity index (χ4n) is 3.13. The number of hydrogen-bond acceptors (Lipinski definition) is 4. The largest absolute Gasteiger partial charge is 0.354 e. The number of aromatic amines is 1. The van der Waals surface area contributed by atoms with Crippen LogP contribution in [0.25, 0.3) is 0 Å². The summed E-state index contributed by atoms with van der Waals surface area (Å²) in [6.45, 7) is 6.60. The summed E-state index contributed by atoms with van der Waals surface area (Å²) in [5.74, 6) is -0.257. The van der Waals surface area contributed by atoms with Gasteiger partial charge < -0.3 is 14.8 Å². The number of imidazole rings is 1. The maximum atomic E-state index is 12.8. The molecule has 0 spiro atoms. The summed E-state index contributed by atoms with van der Waals surface area (Å²) in [5.41, 5.74) is 2.43. The van der Waals surface area contributed by atoms with E-state index >= 15 is 0 Å². The quantitative estimate of drug-likeness (QED) is 0.876. The van der Waals surface area contributed by atoms with Crippen molar-refractivity contribution in [3.8, 4) is 0 Å². The predicted octanol–water partition coefficient (Wildman–Crippen LogP) is 1.06. The minimum absolute atomic E-state index is 0.126. The number of rotatable bonds is 4. The van der Waals surface area contributed by atoms with Crippen LogP contribution in [-0.2, 0) is 11.2 Å². The third-order valence-electron chi connectivity index (χ3n) is 4.30. The first-order valence-corrected chi connectivity index (χ1v) is 8.09. The van der Waals surface area contributed by atoms with Crippen LogP contribution in [0, 0.1) is 0 Å². The Morgan fingerprint density at radius 2 is 2.25 bits per heavy atom. The van der Waals surface area contributed by atoms with Gasteiger partial charge in [-0.1, -0.05) is 0 Å². The molecule has 2 N–H and O–H groups in total. The summed E-state index contributed by atoms with van der Waals surface area (Å²) in [4.78, 5) is 30.4. The van der Waals surface area contributed by atoms with E-state index < -0.39 is 0 Å². The smallest absolute Gasteiger partial charge is 0.272 e. The van der Waals surface area contributed by atoms with Crippen LogP contribution in [0.5, 0.6) is 0 Å². The van der Waals surface area contributed by atoms with E-state index in [0.29, 0.717) is 24.8 Å². The molecule has 3 rings (SSSR count). The molecule has 1 unspecified atom stereocenters. The molecule has 128 valence electrons. The molecule has 1 aliphatic heterocycles. The number of fused-ring (bicyclic) bond motifs is 1. The van der Waals surface area contributed by atoms with Crippen molar-refractivity contribution in [1.82, 2.24) is 30.0 Å². The zero-order valence-electron chi connectivity index (χ0n) is 14.1. The van der Waals surface area contributed by atoms with Crippen LogP contribution in [0.15, 0.2) is 18.6 Å². The van der Waals surface area contributed by atoms with Gasteiger partial charge >= 0.3 is 0 Å². The maximum absolute atomic E-state index is 12.8. The Morgan fingerprint density at radius 1 is 1.46 bits per heavy atom. The molecule has 0 saturated heterocycles. The van der Waals surface area contributed by atoms with Gasteiger partial charge in [-0.2, -0.15) is 5.10 Å². The van der Waals surface area contributed by atoms with Crippen molar-refractivity contribution in [2.75, 3.05) is 13.1 Å². The van der Waals surface area contributed by atoms with Crippen LogP contribution < -0.4 is 5.32 Å². The molecule has 0 bridgehead atoms. The van der Waals surface area contributed by atoms with E-state index in [1.807, 2.05) is 6.33 Å². The molecular weight excluding hydrogens is 308 g/mol. The monoisotopic (exact) mass is 330 g/mol. The second-order valence-electron chi connectivity index (χ2n) is 6.25. The molecular formula is C16H22N6O2. The van der Waals surface area contributed by atoms with Crippen LogP contribution in [0.3, 0.4) is 0 Å². The van der Waals surface area contributed by atoms with E-state index in [0.717, 1.165) is 17.8 Å². The molecule has 24 heavy (non-hydrogen) atoms. The highest BCUT2D eigenvalue weighted by Gasteiger charge is 2.35. The molecule has 1 atom stereocenters. The Labute approximate surface area is 140 Å². The highest BCUT2D eigenvalue weighted by molar-refractivity contribution is 5.92. The molecule has 0 fully saturated rings. The van der Waals surface area contributed by atoms with Crippen LogP contribution in [0.1, 0.15) is 54.7 Å². The second kappa shape index (κ2) is 6.46. The first kappa shape index (κ1) is 16.2. The highest BCUT2D eigenvalue weighted by Crippen LogP contribution is 2.30. The summed E-state index contributed by atoms with van der Waals surface area (Å²) < 4.78 is 2.13. The highest BCUT2D eigenvalue weighted by atomic mass is 16.2. The number of carbonyl (C=O) groups is 2. The van der Waals surface area contributed by atoms with Crippen molar-refractivity contribution in [3.63, 3.8) is 0 Å². The van der Waals surface area contributed by atoms with Gasteiger partial charge in [-0.25, -0.2) is 4.98 Å². The third kappa shape index (κ3) is 2.91. The molecule has 8 nitrogen and oxygen atoms in total. The van der Waals surface area contributed by atoms with Crippen molar-refractivity contribution in [2.24, 2.45) is 0 Å². The number of carbonyl (C=O) groups excluding carboxylic acids is 2. The van der Waals surface area contributed by atoms with Gasteiger partial charge in [0.1, 0.15) is 5.69 Å². The summed E-state index contributed by atoms with van der Waals surface area (Å²) in [6, 6.07) is 1.67. The minimum Gasteiger partial charge on any atom is -0.354 e. The lowest BCUT2D eigenvalue weighted by atomic mass is 10.0. The predicted molar refractivity (Wildman–Crippen MR) is 87.4 cm³/mol. The normalized spacial score (nSPS) is 17.0. The Bertz CT molecular complexity index is 734. The number of amides is 2. The van der Waals surface area contributed by atoms with Crippen molar-refractivity contribution in [3.05, 3.63) is 35.7 Å². The fourth-order valence-corrected chi connectivity index (χ4v) is 3.13. The molecule has 0 aliphatic carbocycles. The average molecular weight is 330 g/mol.